The average molecular weight is 344 g/mol. The number of aryl methyl sites for hydroxylation is 4. The molecule has 4 rings (SSSR count). The van der Waals surface area contributed by atoms with Gasteiger partial charge in [-0.15, -0.1) is 11.3 Å². The molecule has 0 atom stereocenters. The quantitative estimate of drug-likeness (QED) is 0.429. The van der Waals surface area contributed by atoms with E-state index >= 15 is 0 Å². The van der Waals surface area contributed by atoms with Gasteiger partial charge in [0, 0.05) is 10.4 Å². The van der Waals surface area contributed by atoms with E-state index in [1.54, 1.807) is 17.7 Å². The van der Waals surface area contributed by atoms with Crippen molar-refractivity contribution in [3.63, 3.8) is 0 Å². The fourth-order valence-electron chi connectivity index (χ4n) is 3.50. The molecule has 0 saturated carbocycles. The van der Waals surface area contributed by atoms with Crippen LogP contribution in [0.5, 0.6) is 0 Å². The maximum absolute atomic E-state index is 4.61. The number of hydrogen-bond acceptors (Lipinski definition) is 3. The molecule has 0 unspecified atom stereocenters. The Kier molecular flexibility index (Phi) is 3.89. The Labute approximate surface area is 152 Å². The molecule has 0 amide bonds. The van der Waals surface area contributed by atoms with Crippen molar-refractivity contribution < 1.29 is 0 Å². The molecular weight excluding hydrogens is 324 g/mol. The Morgan fingerprint density at radius 1 is 0.800 bits per heavy atom. The molecule has 0 aliphatic heterocycles. The lowest BCUT2D eigenvalue weighted by molar-refractivity contribution is 1.23. The van der Waals surface area contributed by atoms with Gasteiger partial charge in [-0.05, 0) is 62.6 Å². The smallest absolute Gasteiger partial charge is 0.116 e. The minimum absolute atomic E-state index is 1.02. The summed E-state index contributed by atoms with van der Waals surface area (Å²) in [6.07, 6.45) is 1.68. The number of rotatable bonds is 2. The second-order valence-corrected chi connectivity index (χ2v) is 7.74. The fraction of sp³-hybridized carbons (Fsp3) is 0.182. The van der Waals surface area contributed by atoms with Gasteiger partial charge in [-0.2, -0.15) is 0 Å². The first-order chi connectivity index (χ1) is 12.0. The maximum Gasteiger partial charge on any atom is 0.116 e. The number of benzene rings is 2. The summed E-state index contributed by atoms with van der Waals surface area (Å²) in [5, 5.41) is 0. The molecule has 0 saturated heterocycles. The molecule has 124 valence electrons. The summed E-state index contributed by atoms with van der Waals surface area (Å²) >= 11 is 1.79. The predicted molar refractivity (Wildman–Crippen MR) is 107 cm³/mol. The van der Waals surface area contributed by atoms with E-state index in [2.05, 4.69) is 80.1 Å². The third-order valence-electron chi connectivity index (χ3n) is 4.53. The summed E-state index contributed by atoms with van der Waals surface area (Å²) in [6.45, 7) is 8.60. The first-order valence-corrected chi connectivity index (χ1v) is 9.24. The minimum atomic E-state index is 1.02. The van der Waals surface area contributed by atoms with E-state index in [4.69, 9.17) is 0 Å². The first kappa shape index (κ1) is 16.0. The molecular formula is C22H20N2S. The van der Waals surface area contributed by atoms with Gasteiger partial charge >= 0.3 is 0 Å². The topological polar surface area (TPSA) is 25.8 Å². The zero-order valence-corrected chi connectivity index (χ0v) is 15.7. The highest BCUT2D eigenvalue weighted by molar-refractivity contribution is 7.22. The van der Waals surface area contributed by atoms with Crippen LogP contribution in [0.3, 0.4) is 0 Å². The normalized spacial score (nSPS) is 11.2. The molecule has 2 heterocycles. The second-order valence-electron chi connectivity index (χ2n) is 6.69. The molecule has 0 bridgehead atoms. The van der Waals surface area contributed by atoms with Crippen molar-refractivity contribution in [3.8, 4) is 21.7 Å². The first-order valence-electron chi connectivity index (χ1n) is 8.43. The van der Waals surface area contributed by atoms with Crippen molar-refractivity contribution in [1.29, 1.82) is 0 Å². The standard InChI is InChI=1S/C22H20N2S/c1-13-8-14(2)10-17(9-13)21-22-18(23-12-24-21)11-19(25-22)20-15(3)6-5-7-16(20)4/h5-12H,1-4H3. The van der Waals surface area contributed by atoms with Gasteiger partial charge in [0.2, 0.25) is 0 Å². The minimum Gasteiger partial charge on any atom is -0.235 e. The third kappa shape index (κ3) is 2.85. The number of thiophene rings is 1. The van der Waals surface area contributed by atoms with E-state index in [0.29, 0.717) is 0 Å². The number of hydrogen-bond donors (Lipinski definition) is 0. The molecule has 0 spiro atoms. The van der Waals surface area contributed by atoms with Crippen molar-refractivity contribution in [1.82, 2.24) is 9.97 Å². The second kappa shape index (κ2) is 6.08. The summed E-state index contributed by atoms with van der Waals surface area (Å²) in [6, 6.07) is 15.2. The summed E-state index contributed by atoms with van der Waals surface area (Å²) in [7, 11) is 0. The van der Waals surface area contributed by atoms with Crippen LogP contribution in [0.2, 0.25) is 0 Å². The van der Waals surface area contributed by atoms with Crippen molar-refractivity contribution in [2.24, 2.45) is 0 Å². The molecule has 4 aromatic rings. The summed E-state index contributed by atoms with van der Waals surface area (Å²) in [5.74, 6) is 0. The lowest BCUT2D eigenvalue weighted by Crippen LogP contribution is -1.87. The van der Waals surface area contributed by atoms with Crippen LogP contribution in [0, 0.1) is 27.7 Å². The molecule has 0 radical (unpaired) electrons. The van der Waals surface area contributed by atoms with Crippen LogP contribution in [0.1, 0.15) is 22.3 Å². The van der Waals surface area contributed by atoms with Crippen molar-refractivity contribution in [2.45, 2.75) is 27.7 Å². The number of aromatic nitrogens is 2. The maximum atomic E-state index is 4.61. The van der Waals surface area contributed by atoms with Crippen LogP contribution in [-0.2, 0) is 0 Å². The molecule has 2 nitrogen and oxygen atoms in total. The van der Waals surface area contributed by atoms with Crippen LogP contribution in [0.15, 0.2) is 48.8 Å². The van der Waals surface area contributed by atoms with Crippen molar-refractivity contribution >= 4 is 21.6 Å². The fourth-order valence-corrected chi connectivity index (χ4v) is 4.80. The Morgan fingerprint density at radius 3 is 2.16 bits per heavy atom. The summed E-state index contributed by atoms with van der Waals surface area (Å²) < 4.78 is 1.16. The molecule has 2 aromatic carbocycles. The average Bonchev–Trinajstić information content (AvgIpc) is 2.97. The van der Waals surface area contributed by atoms with Crippen molar-refractivity contribution in [3.05, 3.63) is 71.0 Å². The highest BCUT2D eigenvalue weighted by atomic mass is 32.1. The van der Waals surface area contributed by atoms with E-state index < -0.39 is 0 Å². The lowest BCUT2D eigenvalue weighted by atomic mass is 10.0. The lowest BCUT2D eigenvalue weighted by Gasteiger charge is -2.07. The molecule has 25 heavy (non-hydrogen) atoms. The van der Waals surface area contributed by atoms with Gasteiger partial charge in [0.1, 0.15) is 6.33 Å². The highest BCUT2D eigenvalue weighted by Gasteiger charge is 2.14. The zero-order chi connectivity index (χ0) is 17.6. The van der Waals surface area contributed by atoms with E-state index in [1.165, 1.54) is 38.3 Å². The Balaban J connectivity index is 1.96. The molecule has 2 aromatic heterocycles. The zero-order valence-electron chi connectivity index (χ0n) is 14.9. The largest absolute Gasteiger partial charge is 0.235 e. The van der Waals surface area contributed by atoms with Crippen LogP contribution >= 0.6 is 11.3 Å². The van der Waals surface area contributed by atoms with E-state index in [9.17, 15) is 0 Å². The van der Waals surface area contributed by atoms with Gasteiger partial charge in [0.05, 0.1) is 15.9 Å². The Morgan fingerprint density at radius 2 is 1.48 bits per heavy atom. The van der Waals surface area contributed by atoms with Crippen LogP contribution in [0.25, 0.3) is 31.9 Å². The van der Waals surface area contributed by atoms with Crippen molar-refractivity contribution in [2.75, 3.05) is 0 Å². The molecule has 0 aliphatic carbocycles. The third-order valence-corrected chi connectivity index (χ3v) is 5.68. The van der Waals surface area contributed by atoms with Gasteiger partial charge in [0.15, 0.2) is 0 Å². The van der Waals surface area contributed by atoms with E-state index in [1.807, 2.05) is 0 Å². The Bertz CT molecular complexity index is 1050. The van der Waals surface area contributed by atoms with Gasteiger partial charge in [0.25, 0.3) is 0 Å². The molecule has 0 fully saturated rings. The number of fused-ring (bicyclic) bond motifs is 1. The van der Waals surface area contributed by atoms with Gasteiger partial charge in [-0.1, -0.05) is 35.4 Å². The monoisotopic (exact) mass is 344 g/mol. The number of nitrogens with zero attached hydrogens (tertiary/aromatic N) is 2. The van der Waals surface area contributed by atoms with E-state index in [-0.39, 0.29) is 0 Å². The van der Waals surface area contributed by atoms with E-state index in [0.717, 1.165) is 15.9 Å². The van der Waals surface area contributed by atoms with Gasteiger partial charge < -0.3 is 0 Å². The van der Waals surface area contributed by atoms with Crippen LogP contribution in [0.4, 0.5) is 0 Å². The summed E-state index contributed by atoms with van der Waals surface area (Å²) in [4.78, 5) is 10.4. The molecule has 0 aliphatic rings. The van der Waals surface area contributed by atoms with Crippen LogP contribution in [-0.4, -0.2) is 9.97 Å². The molecule has 0 N–H and O–H groups in total. The van der Waals surface area contributed by atoms with Gasteiger partial charge in [-0.3, -0.25) is 0 Å². The van der Waals surface area contributed by atoms with Crippen LogP contribution < -0.4 is 0 Å². The predicted octanol–water partition coefficient (Wildman–Crippen LogP) is 6.26. The SMILES string of the molecule is Cc1cc(C)cc(-c2ncnc3cc(-c4c(C)cccc4C)sc23)c1. The van der Waals surface area contributed by atoms with Gasteiger partial charge in [-0.25, -0.2) is 9.97 Å². The molecule has 3 heteroatoms. The highest BCUT2D eigenvalue weighted by Crippen LogP contribution is 2.39. The summed E-state index contributed by atoms with van der Waals surface area (Å²) in [5.41, 5.74) is 9.64. The Hall–Kier alpha value is -2.52.